The monoisotopic (exact) mass is 230 g/mol. The van der Waals surface area contributed by atoms with Gasteiger partial charge in [0.15, 0.2) is 0 Å². The van der Waals surface area contributed by atoms with Crippen molar-refractivity contribution in [2.75, 3.05) is 0 Å². The van der Waals surface area contributed by atoms with Crippen molar-refractivity contribution in [1.82, 2.24) is 0 Å². The van der Waals surface area contributed by atoms with Crippen LogP contribution in [0.4, 0.5) is 4.39 Å². The number of benzene rings is 1. The summed E-state index contributed by atoms with van der Waals surface area (Å²) in [5.41, 5.74) is 0. The van der Waals surface area contributed by atoms with Gasteiger partial charge >= 0.3 is 0 Å². The van der Waals surface area contributed by atoms with E-state index in [0.717, 1.165) is 13.9 Å². The lowest BCUT2D eigenvalue weighted by Crippen LogP contribution is -1.68. The van der Waals surface area contributed by atoms with Crippen molar-refractivity contribution >= 4 is 37.4 Å². The molecular formula is C8H4BrFS. The molecule has 0 bridgehead atoms. The van der Waals surface area contributed by atoms with Crippen LogP contribution in [0.5, 0.6) is 0 Å². The molecule has 0 N–H and O–H groups in total. The molecule has 11 heavy (non-hydrogen) atoms. The van der Waals surface area contributed by atoms with Crippen LogP contribution in [0.15, 0.2) is 28.1 Å². The Labute approximate surface area is 75.8 Å². The standard InChI is InChI=1S/C8H4BrFS/c9-8-4-5-3-6(10)1-2-7(5)11-8/h1-4H. The van der Waals surface area contributed by atoms with Gasteiger partial charge in [-0.05, 0) is 45.6 Å². The zero-order valence-electron chi connectivity index (χ0n) is 5.47. The maximum atomic E-state index is 12.6. The highest BCUT2D eigenvalue weighted by Crippen LogP contribution is 2.29. The fourth-order valence-electron chi connectivity index (χ4n) is 0.982. The minimum Gasteiger partial charge on any atom is -0.207 e. The summed E-state index contributed by atoms with van der Waals surface area (Å²) in [5, 5.41) is 0.960. The van der Waals surface area contributed by atoms with Crippen LogP contribution >= 0.6 is 27.3 Å². The molecule has 0 amide bonds. The second-order valence-corrected chi connectivity index (χ2v) is 4.70. The molecule has 0 radical (unpaired) electrons. The van der Waals surface area contributed by atoms with Crippen molar-refractivity contribution in [1.29, 1.82) is 0 Å². The molecule has 0 unspecified atom stereocenters. The first-order valence-electron chi connectivity index (χ1n) is 3.10. The molecule has 1 aromatic heterocycles. The van der Waals surface area contributed by atoms with Gasteiger partial charge in [0.05, 0.1) is 3.79 Å². The predicted molar refractivity (Wildman–Crippen MR) is 49.5 cm³/mol. The van der Waals surface area contributed by atoms with Crippen LogP contribution in [0, 0.1) is 5.82 Å². The fourth-order valence-corrected chi connectivity index (χ4v) is 2.52. The third-order valence-electron chi connectivity index (χ3n) is 1.45. The smallest absolute Gasteiger partial charge is 0.123 e. The number of rotatable bonds is 0. The van der Waals surface area contributed by atoms with E-state index in [-0.39, 0.29) is 5.82 Å². The first-order valence-corrected chi connectivity index (χ1v) is 4.71. The zero-order chi connectivity index (χ0) is 7.84. The highest BCUT2D eigenvalue weighted by atomic mass is 79.9. The minimum atomic E-state index is -0.178. The fraction of sp³-hybridized carbons (Fsp3) is 0. The molecule has 3 heteroatoms. The zero-order valence-corrected chi connectivity index (χ0v) is 7.88. The van der Waals surface area contributed by atoms with Crippen LogP contribution < -0.4 is 0 Å². The van der Waals surface area contributed by atoms with E-state index in [4.69, 9.17) is 0 Å². The van der Waals surface area contributed by atoms with E-state index < -0.39 is 0 Å². The van der Waals surface area contributed by atoms with Gasteiger partial charge in [-0.2, -0.15) is 0 Å². The van der Waals surface area contributed by atoms with E-state index >= 15 is 0 Å². The van der Waals surface area contributed by atoms with Gasteiger partial charge in [0.2, 0.25) is 0 Å². The molecule has 0 spiro atoms. The normalized spacial score (nSPS) is 10.7. The molecule has 1 heterocycles. The Morgan fingerprint density at radius 3 is 2.91 bits per heavy atom. The SMILES string of the molecule is Fc1ccc2sc(Br)cc2c1. The summed E-state index contributed by atoms with van der Waals surface area (Å²) in [6, 6.07) is 6.73. The summed E-state index contributed by atoms with van der Waals surface area (Å²) in [7, 11) is 0. The number of hydrogen-bond donors (Lipinski definition) is 0. The maximum Gasteiger partial charge on any atom is 0.123 e. The molecule has 1 aromatic carbocycles. The van der Waals surface area contributed by atoms with E-state index in [1.54, 1.807) is 17.4 Å². The third-order valence-corrected chi connectivity index (χ3v) is 3.07. The Bertz CT molecular complexity index is 394. The lowest BCUT2D eigenvalue weighted by molar-refractivity contribution is 0.630. The second kappa shape index (κ2) is 2.57. The number of halogens is 2. The van der Waals surface area contributed by atoms with Gasteiger partial charge in [0, 0.05) is 4.70 Å². The average Bonchev–Trinajstić information content (AvgIpc) is 2.27. The van der Waals surface area contributed by atoms with Crippen LogP contribution in [0.25, 0.3) is 10.1 Å². The summed E-state index contributed by atoms with van der Waals surface area (Å²) in [4.78, 5) is 0. The number of fused-ring (bicyclic) bond motifs is 1. The molecule has 0 nitrogen and oxygen atoms in total. The van der Waals surface area contributed by atoms with E-state index in [1.807, 2.05) is 6.07 Å². The Morgan fingerprint density at radius 2 is 2.09 bits per heavy atom. The highest BCUT2D eigenvalue weighted by molar-refractivity contribution is 9.11. The molecule has 0 aliphatic rings. The molecular weight excluding hydrogens is 227 g/mol. The molecule has 2 rings (SSSR count). The van der Waals surface area contributed by atoms with Crippen molar-refractivity contribution < 1.29 is 4.39 Å². The average molecular weight is 231 g/mol. The molecule has 0 aliphatic carbocycles. The quantitative estimate of drug-likeness (QED) is 0.646. The lowest BCUT2D eigenvalue weighted by Gasteiger charge is -1.86. The molecule has 0 fully saturated rings. The van der Waals surface area contributed by atoms with Crippen LogP contribution in [0.2, 0.25) is 0 Å². The van der Waals surface area contributed by atoms with Gasteiger partial charge in [-0.15, -0.1) is 11.3 Å². The van der Waals surface area contributed by atoms with E-state index in [0.29, 0.717) is 0 Å². The molecule has 0 atom stereocenters. The Hall–Kier alpha value is -0.410. The van der Waals surface area contributed by atoms with Crippen molar-refractivity contribution in [3.8, 4) is 0 Å². The number of thiophene rings is 1. The number of hydrogen-bond acceptors (Lipinski definition) is 1. The maximum absolute atomic E-state index is 12.6. The van der Waals surface area contributed by atoms with Gasteiger partial charge in [-0.25, -0.2) is 4.39 Å². The van der Waals surface area contributed by atoms with Crippen LogP contribution in [0.1, 0.15) is 0 Å². The van der Waals surface area contributed by atoms with Gasteiger partial charge in [-0.3, -0.25) is 0 Å². The van der Waals surface area contributed by atoms with Crippen LogP contribution in [-0.4, -0.2) is 0 Å². The molecule has 0 aliphatic heterocycles. The van der Waals surface area contributed by atoms with E-state index in [2.05, 4.69) is 15.9 Å². The summed E-state index contributed by atoms with van der Waals surface area (Å²) < 4.78 is 14.8. The Balaban J connectivity index is 2.82. The van der Waals surface area contributed by atoms with E-state index in [9.17, 15) is 4.39 Å². The summed E-state index contributed by atoms with van der Waals surface area (Å²) in [6.45, 7) is 0. The van der Waals surface area contributed by atoms with Crippen molar-refractivity contribution in [3.63, 3.8) is 0 Å². The molecule has 2 aromatic rings. The topological polar surface area (TPSA) is 0 Å². The van der Waals surface area contributed by atoms with Gasteiger partial charge in [-0.1, -0.05) is 0 Å². The van der Waals surface area contributed by atoms with Crippen LogP contribution in [-0.2, 0) is 0 Å². The summed E-state index contributed by atoms with van der Waals surface area (Å²) in [5.74, 6) is -0.178. The highest BCUT2D eigenvalue weighted by Gasteiger charge is 1.99. The lowest BCUT2D eigenvalue weighted by atomic mass is 10.3. The van der Waals surface area contributed by atoms with Crippen molar-refractivity contribution in [2.24, 2.45) is 0 Å². The minimum absolute atomic E-state index is 0.178. The second-order valence-electron chi connectivity index (χ2n) is 2.23. The Morgan fingerprint density at radius 1 is 1.27 bits per heavy atom. The molecule has 56 valence electrons. The van der Waals surface area contributed by atoms with Crippen molar-refractivity contribution in [2.45, 2.75) is 0 Å². The molecule has 0 saturated heterocycles. The summed E-state index contributed by atoms with van der Waals surface area (Å²) in [6.07, 6.45) is 0. The largest absolute Gasteiger partial charge is 0.207 e. The van der Waals surface area contributed by atoms with Crippen molar-refractivity contribution in [3.05, 3.63) is 33.9 Å². The Kier molecular flexibility index (Phi) is 1.69. The van der Waals surface area contributed by atoms with Crippen LogP contribution in [0.3, 0.4) is 0 Å². The van der Waals surface area contributed by atoms with Gasteiger partial charge < -0.3 is 0 Å². The molecule has 0 saturated carbocycles. The first kappa shape index (κ1) is 7.25. The van der Waals surface area contributed by atoms with E-state index in [1.165, 1.54) is 12.1 Å². The predicted octanol–water partition coefficient (Wildman–Crippen LogP) is 3.80. The first-order chi connectivity index (χ1) is 5.25. The van der Waals surface area contributed by atoms with Gasteiger partial charge in [0.1, 0.15) is 5.82 Å². The van der Waals surface area contributed by atoms with Gasteiger partial charge in [0.25, 0.3) is 0 Å². The third kappa shape index (κ3) is 1.30. The summed E-state index contributed by atoms with van der Waals surface area (Å²) >= 11 is 4.96.